The number of fused-ring (bicyclic) bond motifs is 1. The summed E-state index contributed by atoms with van der Waals surface area (Å²) in [6.07, 6.45) is 1.47. The second kappa shape index (κ2) is 6.45. The van der Waals surface area contributed by atoms with Crippen molar-refractivity contribution >= 4 is 22.5 Å². The topological polar surface area (TPSA) is 99.0 Å². The van der Waals surface area contributed by atoms with Crippen LogP contribution >= 0.6 is 0 Å². The van der Waals surface area contributed by atoms with Gasteiger partial charge < -0.3 is 10.1 Å². The summed E-state index contributed by atoms with van der Waals surface area (Å²) in [6, 6.07) is 9.32. The molecule has 0 aliphatic carbocycles. The van der Waals surface area contributed by atoms with E-state index in [4.69, 9.17) is 4.74 Å². The molecule has 8 nitrogen and oxygen atoms in total. The minimum atomic E-state index is -0.822. The summed E-state index contributed by atoms with van der Waals surface area (Å²) in [4.78, 5) is 28.8. The minimum absolute atomic E-state index is 0.365. The number of aromatic nitrogens is 4. The van der Waals surface area contributed by atoms with Crippen molar-refractivity contribution in [2.75, 3.05) is 12.4 Å². The first-order valence-corrected chi connectivity index (χ1v) is 7.25. The zero-order valence-electron chi connectivity index (χ0n) is 13.1. The quantitative estimate of drug-likeness (QED) is 0.778. The highest BCUT2D eigenvalue weighted by atomic mass is 16.5. The van der Waals surface area contributed by atoms with Gasteiger partial charge in [0.25, 0.3) is 5.56 Å². The summed E-state index contributed by atoms with van der Waals surface area (Å²) >= 11 is 0. The molecule has 1 unspecified atom stereocenters. The van der Waals surface area contributed by atoms with E-state index in [0.717, 1.165) is 4.68 Å². The normalized spacial score (nSPS) is 11.9. The van der Waals surface area contributed by atoms with Gasteiger partial charge in [-0.2, -0.15) is 4.68 Å². The van der Waals surface area contributed by atoms with Crippen LogP contribution in [-0.2, 0) is 4.79 Å². The van der Waals surface area contributed by atoms with E-state index >= 15 is 0 Å². The van der Waals surface area contributed by atoms with E-state index in [1.807, 2.05) is 0 Å². The van der Waals surface area contributed by atoms with Crippen molar-refractivity contribution in [1.82, 2.24) is 20.0 Å². The number of nitrogens with one attached hydrogen (secondary N) is 1. The van der Waals surface area contributed by atoms with Crippen LogP contribution in [0.25, 0.3) is 10.9 Å². The highest BCUT2D eigenvalue weighted by molar-refractivity contribution is 5.93. The average molecular weight is 325 g/mol. The zero-order valence-corrected chi connectivity index (χ0v) is 13.1. The molecule has 8 heteroatoms. The lowest BCUT2D eigenvalue weighted by Gasteiger charge is -2.13. The van der Waals surface area contributed by atoms with Crippen LogP contribution in [0.3, 0.4) is 0 Å². The molecule has 0 fully saturated rings. The van der Waals surface area contributed by atoms with Crippen molar-refractivity contribution in [3.8, 4) is 5.88 Å². The molecule has 0 saturated carbocycles. The highest BCUT2D eigenvalue weighted by Crippen LogP contribution is 2.13. The maximum Gasteiger partial charge on any atom is 0.278 e. The van der Waals surface area contributed by atoms with Gasteiger partial charge in [-0.15, -0.1) is 5.10 Å². The Kier molecular flexibility index (Phi) is 4.19. The lowest BCUT2D eigenvalue weighted by Crippen LogP contribution is -2.34. The molecule has 2 heterocycles. The smallest absolute Gasteiger partial charge is 0.278 e. The highest BCUT2D eigenvalue weighted by Gasteiger charge is 2.19. The largest absolute Gasteiger partial charge is 0.481 e. The molecule has 1 N–H and O–H groups in total. The number of amides is 1. The number of benzene rings is 1. The van der Waals surface area contributed by atoms with Crippen LogP contribution in [0, 0.1) is 0 Å². The van der Waals surface area contributed by atoms with Gasteiger partial charge in [-0.05, 0) is 25.1 Å². The third kappa shape index (κ3) is 2.94. The van der Waals surface area contributed by atoms with Crippen LogP contribution in [-0.4, -0.2) is 33.0 Å². The first kappa shape index (κ1) is 15.6. The van der Waals surface area contributed by atoms with Crippen molar-refractivity contribution in [1.29, 1.82) is 0 Å². The van der Waals surface area contributed by atoms with Gasteiger partial charge in [-0.25, -0.2) is 4.98 Å². The van der Waals surface area contributed by atoms with E-state index in [-0.39, 0.29) is 5.56 Å². The first-order chi connectivity index (χ1) is 11.6. The standard InChI is InChI=1S/C16H15N5O3/c1-10(15(22)18-11-7-8-14(24-2)17-9-11)21-16(23)12-5-3-4-6-13(12)19-20-21/h3-10H,1-2H3,(H,18,22). The third-order valence-corrected chi connectivity index (χ3v) is 3.55. The molecule has 122 valence electrons. The van der Waals surface area contributed by atoms with E-state index in [1.54, 1.807) is 43.3 Å². The van der Waals surface area contributed by atoms with Gasteiger partial charge >= 0.3 is 0 Å². The van der Waals surface area contributed by atoms with Crippen molar-refractivity contribution in [2.45, 2.75) is 13.0 Å². The molecule has 0 saturated heterocycles. The third-order valence-electron chi connectivity index (χ3n) is 3.55. The number of hydrogen-bond acceptors (Lipinski definition) is 6. The molecule has 0 aliphatic heterocycles. The van der Waals surface area contributed by atoms with Crippen LogP contribution in [0.2, 0.25) is 0 Å². The van der Waals surface area contributed by atoms with Crippen LogP contribution < -0.4 is 15.6 Å². The Balaban J connectivity index is 1.85. The van der Waals surface area contributed by atoms with Gasteiger partial charge in [0.1, 0.15) is 11.6 Å². The molecule has 0 spiro atoms. The predicted octanol–water partition coefficient (Wildman–Crippen LogP) is 1.39. The monoisotopic (exact) mass is 325 g/mol. The number of carbonyl (C=O) groups is 1. The van der Waals surface area contributed by atoms with Crippen molar-refractivity contribution in [3.05, 3.63) is 52.9 Å². The van der Waals surface area contributed by atoms with Crippen LogP contribution in [0.4, 0.5) is 5.69 Å². The fourth-order valence-electron chi connectivity index (χ4n) is 2.19. The molecule has 1 atom stereocenters. The fraction of sp³-hybridized carbons (Fsp3) is 0.188. The summed E-state index contributed by atoms with van der Waals surface area (Å²) in [5.74, 6) is 0.0475. The van der Waals surface area contributed by atoms with Crippen LogP contribution in [0.5, 0.6) is 5.88 Å². The van der Waals surface area contributed by atoms with Crippen molar-refractivity contribution in [2.24, 2.45) is 0 Å². The fourth-order valence-corrected chi connectivity index (χ4v) is 2.19. The van der Waals surface area contributed by atoms with Crippen LogP contribution in [0.1, 0.15) is 13.0 Å². The first-order valence-electron chi connectivity index (χ1n) is 7.25. The number of hydrogen-bond donors (Lipinski definition) is 1. The Morgan fingerprint density at radius 2 is 2.04 bits per heavy atom. The summed E-state index contributed by atoms with van der Waals surface area (Å²) < 4.78 is 6.02. The summed E-state index contributed by atoms with van der Waals surface area (Å²) in [7, 11) is 1.51. The second-order valence-corrected chi connectivity index (χ2v) is 5.11. The summed E-state index contributed by atoms with van der Waals surface area (Å²) in [6.45, 7) is 1.58. The number of rotatable bonds is 4. The summed E-state index contributed by atoms with van der Waals surface area (Å²) in [5.41, 5.74) is 0.622. The van der Waals surface area contributed by atoms with Gasteiger partial charge in [0.2, 0.25) is 11.8 Å². The Morgan fingerprint density at radius 3 is 2.75 bits per heavy atom. The van der Waals surface area contributed by atoms with Gasteiger partial charge in [-0.3, -0.25) is 9.59 Å². The Hall–Kier alpha value is -3.29. The lowest BCUT2D eigenvalue weighted by molar-refractivity contribution is -0.119. The zero-order chi connectivity index (χ0) is 17.1. The molecular formula is C16H15N5O3. The van der Waals surface area contributed by atoms with Gasteiger partial charge in [0, 0.05) is 6.07 Å². The number of ether oxygens (including phenoxy) is 1. The lowest BCUT2D eigenvalue weighted by atomic mass is 10.2. The van der Waals surface area contributed by atoms with Gasteiger partial charge in [0.15, 0.2) is 0 Å². The van der Waals surface area contributed by atoms with E-state index < -0.39 is 11.9 Å². The molecule has 1 aromatic carbocycles. The molecule has 2 aromatic heterocycles. The van der Waals surface area contributed by atoms with E-state index in [1.165, 1.54) is 13.3 Å². The molecule has 3 rings (SSSR count). The van der Waals surface area contributed by atoms with Crippen molar-refractivity contribution in [3.63, 3.8) is 0 Å². The van der Waals surface area contributed by atoms with E-state index in [2.05, 4.69) is 20.6 Å². The number of pyridine rings is 1. The Bertz CT molecular complexity index is 936. The molecule has 0 radical (unpaired) electrons. The predicted molar refractivity (Wildman–Crippen MR) is 87.9 cm³/mol. The number of anilines is 1. The molecular weight excluding hydrogens is 310 g/mol. The molecule has 0 aliphatic rings. The van der Waals surface area contributed by atoms with Gasteiger partial charge in [0.05, 0.1) is 24.4 Å². The van der Waals surface area contributed by atoms with Crippen molar-refractivity contribution < 1.29 is 9.53 Å². The van der Waals surface area contributed by atoms with E-state index in [9.17, 15) is 9.59 Å². The number of methoxy groups -OCH3 is 1. The molecule has 3 aromatic rings. The molecule has 24 heavy (non-hydrogen) atoms. The van der Waals surface area contributed by atoms with Crippen LogP contribution in [0.15, 0.2) is 47.4 Å². The maximum absolute atomic E-state index is 12.5. The number of carbonyl (C=O) groups excluding carboxylic acids is 1. The van der Waals surface area contributed by atoms with Gasteiger partial charge in [-0.1, -0.05) is 17.3 Å². The SMILES string of the molecule is COc1ccc(NC(=O)C(C)n2nnc3ccccc3c2=O)cn1. The average Bonchev–Trinajstić information content (AvgIpc) is 2.62. The minimum Gasteiger partial charge on any atom is -0.481 e. The number of nitrogens with zero attached hydrogens (tertiary/aromatic N) is 4. The molecule has 1 amide bonds. The Labute approximate surface area is 137 Å². The maximum atomic E-state index is 12.5. The second-order valence-electron chi connectivity index (χ2n) is 5.11. The molecule has 0 bridgehead atoms. The Morgan fingerprint density at radius 1 is 1.25 bits per heavy atom. The summed E-state index contributed by atoms with van der Waals surface area (Å²) in [5, 5.41) is 10.9. The van der Waals surface area contributed by atoms with E-state index in [0.29, 0.717) is 22.5 Å².